The van der Waals surface area contributed by atoms with E-state index < -0.39 is 0 Å². The van der Waals surface area contributed by atoms with Crippen LogP contribution in [0.4, 0.5) is 10.5 Å². The molecule has 0 aliphatic heterocycles. The number of carbonyl (C=O) groups is 1. The number of hydrogen-bond donors (Lipinski definition) is 2. The topological polar surface area (TPSA) is 63.2 Å². The lowest BCUT2D eigenvalue weighted by Gasteiger charge is -2.08. The molecule has 2 N–H and O–H groups in total. The van der Waals surface area contributed by atoms with Gasteiger partial charge >= 0.3 is 6.03 Å². The molecule has 5 nitrogen and oxygen atoms in total. The van der Waals surface area contributed by atoms with Crippen molar-refractivity contribution in [1.29, 1.82) is 0 Å². The summed E-state index contributed by atoms with van der Waals surface area (Å²) in [4.78, 5) is 15.3. The summed E-state index contributed by atoms with van der Waals surface area (Å²) in [6.07, 6.45) is 1.77. The maximum absolute atomic E-state index is 11.6. The normalized spacial score (nSPS) is 10.3. The van der Waals surface area contributed by atoms with Crippen molar-refractivity contribution < 1.29 is 9.53 Å². The Morgan fingerprint density at radius 2 is 2.00 bits per heavy atom. The summed E-state index contributed by atoms with van der Waals surface area (Å²) in [7, 11) is 0. The standard InChI is InChI=1S/C12H17Cl2N3O2/c1-2-5-19-6-3-4-15-12(18)16-9-7-10(13)17-11(14)8-9/h7-8H,2-6H2,1H3,(H2,15,16,17,18). The Morgan fingerprint density at radius 1 is 1.32 bits per heavy atom. The number of pyridine rings is 1. The Morgan fingerprint density at radius 3 is 2.63 bits per heavy atom. The molecule has 1 rings (SSSR count). The van der Waals surface area contributed by atoms with Crippen LogP contribution >= 0.6 is 23.2 Å². The van der Waals surface area contributed by atoms with E-state index in [4.69, 9.17) is 27.9 Å². The highest BCUT2D eigenvalue weighted by Crippen LogP contribution is 2.18. The van der Waals surface area contributed by atoms with Crippen LogP contribution in [0, 0.1) is 0 Å². The summed E-state index contributed by atoms with van der Waals surface area (Å²) in [6, 6.07) is 2.74. The van der Waals surface area contributed by atoms with Gasteiger partial charge in [-0.25, -0.2) is 9.78 Å². The van der Waals surface area contributed by atoms with Gasteiger partial charge in [-0.05, 0) is 25.0 Å². The molecule has 19 heavy (non-hydrogen) atoms. The molecular weight excluding hydrogens is 289 g/mol. The number of nitrogens with one attached hydrogen (secondary N) is 2. The highest BCUT2D eigenvalue weighted by Gasteiger charge is 2.04. The Balaban J connectivity index is 2.23. The number of nitrogens with zero attached hydrogens (tertiary/aromatic N) is 1. The van der Waals surface area contributed by atoms with Gasteiger partial charge in [0.25, 0.3) is 0 Å². The second-order valence-corrected chi connectivity index (χ2v) is 4.62. The summed E-state index contributed by atoms with van der Waals surface area (Å²) in [6.45, 7) is 3.99. The van der Waals surface area contributed by atoms with Gasteiger partial charge < -0.3 is 15.4 Å². The number of carbonyl (C=O) groups excluding carboxylic acids is 1. The number of urea groups is 1. The smallest absolute Gasteiger partial charge is 0.319 e. The van der Waals surface area contributed by atoms with E-state index >= 15 is 0 Å². The molecule has 0 aromatic carbocycles. The molecule has 0 aliphatic carbocycles. The molecule has 0 radical (unpaired) electrons. The van der Waals surface area contributed by atoms with Gasteiger partial charge in [-0.2, -0.15) is 0 Å². The van der Waals surface area contributed by atoms with Crippen LogP contribution in [-0.2, 0) is 4.74 Å². The zero-order valence-electron chi connectivity index (χ0n) is 10.7. The number of ether oxygens (including phenoxy) is 1. The third-order valence-corrected chi connectivity index (χ3v) is 2.51. The van der Waals surface area contributed by atoms with E-state index in [1.54, 1.807) is 0 Å². The lowest BCUT2D eigenvalue weighted by atomic mass is 10.4. The number of hydrogen-bond acceptors (Lipinski definition) is 3. The fourth-order valence-corrected chi connectivity index (χ4v) is 1.80. The molecular formula is C12H17Cl2N3O2. The first kappa shape index (κ1) is 16.0. The van der Waals surface area contributed by atoms with Gasteiger partial charge in [-0.1, -0.05) is 30.1 Å². The SMILES string of the molecule is CCCOCCCNC(=O)Nc1cc(Cl)nc(Cl)c1. The second-order valence-electron chi connectivity index (χ2n) is 3.85. The van der Waals surface area contributed by atoms with E-state index in [0.29, 0.717) is 18.8 Å². The molecule has 0 fully saturated rings. The Hall–Kier alpha value is -1.04. The first-order valence-corrected chi connectivity index (χ1v) is 6.83. The third kappa shape index (κ3) is 7.20. The highest BCUT2D eigenvalue weighted by atomic mass is 35.5. The van der Waals surface area contributed by atoms with Gasteiger partial charge in [0.05, 0.1) is 0 Å². The van der Waals surface area contributed by atoms with Gasteiger partial charge in [0, 0.05) is 25.4 Å². The zero-order valence-corrected chi connectivity index (χ0v) is 12.2. The number of aromatic nitrogens is 1. The monoisotopic (exact) mass is 305 g/mol. The summed E-state index contributed by atoms with van der Waals surface area (Å²) < 4.78 is 5.30. The van der Waals surface area contributed by atoms with Gasteiger partial charge in [-0.15, -0.1) is 0 Å². The fourth-order valence-electron chi connectivity index (χ4n) is 1.33. The molecule has 0 unspecified atom stereocenters. The lowest BCUT2D eigenvalue weighted by molar-refractivity contribution is 0.132. The fraction of sp³-hybridized carbons (Fsp3) is 0.500. The molecule has 7 heteroatoms. The van der Waals surface area contributed by atoms with Crippen LogP contribution in [-0.4, -0.2) is 30.8 Å². The van der Waals surface area contributed by atoms with Crippen molar-refractivity contribution in [3.05, 3.63) is 22.4 Å². The van der Waals surface area contributed by atoms with Gasteiger partial charge in [0.15, 0.2) is 0 Å². The molecule has 0 bridgehead atoms. The molecule has 0 spiro atoms. The molecule has 0 atom stereocenters. The zero-order chi connectivity index (χ0) is 14.1. The highest BCUT2D eigenvalue weighted by molar-refractivity contribution is 6.32. The van der Waals surface area contributed by atoms with Crippen molar-refractivity contribution in [3.63, 3.8) is 0 Å². The predicted octanol–water partition coefficient (Wildman–Crippen LogP) is 3.33. The number of rotatable bonds is 7. The molecule has 0 aliphatic rings. The summed E-state index contributed by atoms with van der Waals surface area (Å²) in [5, 5.41) is 5.80. The minimum absolute atomic E-state index is 0.232. The van der Waals surface area contributed by atoms with Crippen molar-refractivity contribution in [3.8, 4) is 0 Å². The molecule has 2 amide bonds. The number of anilines is 1. The van der Waals surface area contributed by atoms with Crippen molar-refractivity contribution in [2.24, 2.45) is 0 Å². The predicted molar refractivity (Wildman–Crippen MR) is 77.0 cm³/mol. The molecule has 1 aromatic rings. The third-order valence-electron chi connectivity index (χ3n) is 2.12. The molecule has 1 heterocycles. The molecule has 1 aromatic heterocycles. The van der Waals surface area contributed by atoms with Crippen LogP contribution in [0.2, 0.25) is 10.3 Å². The first-order chi connectivity index (χ1) is 9.11. The van der Waals surface area contributed by atoms with Crippen molar-refractivity contribution in [1.82, 2.24) is 10.3 Å². The van der Waals surface area contributed by atoms with E-state index in [9.17, 15) is 4.79 Å². The quantitative estimate of drug-likeness (QED) is 0.600. The lowest BCUT2D eigenvalue weighted by Crippen LogP contribution is -2.30. The van der Waals surface area contributed by atoms with Crippen LogP contribution in [0.3, 0.4) is 0 Å². The average molecular weight is 306 g/mol. The van der Waals surface area contributed by atoms with Gasteiger partial charge in [-0.3, -0.25) is 0 Å². The summed E-state index contributed by atoms with van der Waals surface area (Å²) >= 11 is 11.5. The first-order valence-electron chi connectivity index (χ1n) is 6.07. The molecule has 0 saturated heterocycles. The number of amides is 2. The van der Waals surface area contributed by atoms with Crippen LogP contribution < -0.4 is 10.6 Å². The Labute approximate surface area is 122 Å². The second kappa shape index (κ2) is 8.96. The van der Waals surface area contributed by atoms with E-state index in [1.807, 2.05) is 0 Å². The minimum atomic E-state index is -0.311. The van der Waals surface area contributed by atoms with E-state index in [1.165, 1.54) is 12.1 Å². The van der Waals surface area contributed by atoms with Crippen LogP contribution in [0.5, 0.6) is 0 Å². The van der Waals surface area contributed by atoms with Crippen molar-refractivity contribution in [2.75, 3.05) is 25.1 Å². The van der Waals surface area contributed by atoms with Crippen molar-refractivity contribution in [2.45, 2.75) is 19.8 Å². The molecule has 106 valence electrons. The van der Waals surface area contributed by atoms with E-state index in [0.717, 1.165) is 19.4 Å². The van der Waals surface area contributed by atoms with E-state index in [-0.39, 0.29) is 16.3 Å². The van der Waals surface area contributed by atoms with Gasteiger partial charge in [0.2, 0.25) is 0 Å². The minimum Gasteiger partial charge on any atom is -0.381 e. The van der Waals surface area contributed by atoms with E-state index in [2.05, 4.69) is 22.5 Å². The van der Waals surface area contributed by atoms with Gasteiger partial charge in [0.1, 0.15) is 10.3 Å². The maximum Gasteiger partial charge on any atom is 0.319 e. The van der Waals surface area contributed by atoms with Crippen LogP contribution in [0.15, 0.2) is 12.1 Å². The molecule has 0 saturated carbocycles. The Bertz CT molecular complexity index is 396. The Kier molecular flexibility index (Phi) is 7.55. The maximum atomic E-state index is 11.6. The summed E-state index contributed by atoms with van der Waals surface area (Å²) in [5.41, 5.74) is 0.504. The van der Waals surface area contributed by atoms with Crippen molar-refractivity contribution >= 4 is 34.9 Å². The summed E-state index contributed by atoms with van der Waals surface area (Å²) in [5.74, 6) is 0. The van der Waals surface area contributed by atoms with Crippen LogP contribution in [0.1, 0.15) is 19.8 Å². The number of halogens is 2. The average Bonchev–Trinajstić information content (AvgIpc) is 2.32. The van der Waals surface area contributed by atoms with Crippen LogP contribution in [0.25, 0.3) is 0 Å². The largest absolute Gasteiger partial charge is 0.381 e.